The summed E-state index contributed by atoms with van der Waals surface area (Å²) in [7, 11) is 0.202. The van der Waals surface area contributed by atoms with Gasteiger partial charge in [0.1, 0.15) is 0 Å². The molecule has 0 spiro atoms. The van der Waals surface area contributed by atoms with Gasteiger partial charge in [-0.15, -0.1) is 0 Å². The van der Waals surface area contributed by atoms with Crippen molar-refractivity contribution in [2.75, 3.05) is 0 Å². The van der Waals surface area contributed by atoms with Gasteiger partial charge in [0.15, 0.2) is 5.52 Å². The Balaban J connectivity index is 0.00000220. The minimum Gasteiger partial charge on any atom is -0.289 e. The molecule has 0 N–H and O–H groups in total. The molecule has 0 heterocycles. The van der Waals surface area contributed by atoms with Crippen LogP contribution in [0.2, 0.25) is 0 Å². The smallest absolute Gasteiger partial charge is 0.289 e. The van der Waals surface area contributed by atoms with Crippen molar-refractivity contribution in [2.24, 2.45) is 0 Å². The van der Waals surface area contributed by atoms with Crippen molar-refractivity contribution in [1.29, 1.82) is 0 Å². The summed E-state index contributed by atoms with van der Waals surface area (Å²) in [4.78, 5) is 12.6. The number of carbonyl (C=O) groups is 1. The van der Waals surface area contributed by atoms with Crippen molar-refractivity contribution in [3.63, 3.8) is 0 Å². The molecule has 1 unspecified atom stereocenters. The van der Waals surface area contributed by atoms with Gasteiger partial charge in [0.05, 0.1) is 0 Å². The molecule has 21 heavy (non-hydrogen) atoms. The third-order valence-electron chi connectivity index (χ3n) is 3.55. The summed E-state index contributed by atoms with van der Waals surface area (Å²) in [5.74, 6) is 0. The average molecular weight is 291 g/mol. The summed E-state index contributed by atoms with van der Waals surface area (Å²) in [6.45, 7) is 10.3. The van der Waals surface area contributed by atoms with E-state index in [1.807, 2.05) is 13.8 Å². The van der Waals surface area contributed by atoms with Crippen LogP contribution in [0.3, 0.4) is 0 Å². The second-order valence-electron chi connectivity index (χ2n) is 5.55. The van der Waals surface area contributed by atoms with Gasteiger partial charge >= 0.3 is 18.9 Å². The van der Waals surface area contributed by atoms with Crippen LogP contribution in [0.4, 0.5) is 0 Å². The monoisotopic (exact) mass is 291 g/mol. The maximum Gasteiger partial charge on any atom is 1.00 e. The van der Waals surface area contributed by atoms with E-state index >= 15 is 0 Å². The molecule has 2 aromatic rings. The van der Waals surface area contributed by atoms with Gasteiger partial charge in [0.25, 0.3) is 0 Å². The van der Waals surface area contributed by atoms with E-state index in [1.165, 1.54) is 16.7 Å². The first kappa shape index (κ1) is 18.2. The van der Waals surface area contributed by atoms with Crippen molar-refractivity contribution in [2.45, 2.75) is 34.6 Å². The molecule has 0 fully saturated rings. The molecule has 0 saturated heterocycles. The van der Waals surface area contributed by atoms with Crippen LogP contribution in [0, 0.1) is 34.6 Å². The first-order valence-electron chi connectivity index (χ1n) is 6.85. The fraction of sp³-hybridized carbons (Fsp3) is 0.278. The third kappa shape index (κ3) is 4.30. The molecule has 1 nitrogen and oxygen atoms in total. The molecule has 0 aromatic heterocycles. The number of hydrogen-bond donors (Lipinski definition) is 0. The van der Waals surface area contributed by atoms with Crippen LogP contribution in [0.25, 0.3) is 0 Å². The molecule has 0 aliphatic rings. The Kier molecular flexibility index (Phi) is 6.42. The van der Waals surface area contributed by atoms with Gasteiger partial charge in [0, 0.05) is 5.56 Å². The summed E-state index contributed by atoms with van der Waals surface area (Å²) in [5, 5.41) is 1.16. The van der Waals surface area contributed by atoms with Gasteiger partial charge in [-0.1, -0.05) is 41.5 Å². The fourth-order valence-electron chi connectivity index (χ4n) is 2.59. The zero-order valence-electron chi connectivity index (χ0n) is 13.8. The first-order valence-corrected chi connectivity index (χ1v) is 7.85. The Morgan fingerprint density at radius 2 is 1.38 bits per heavy atom. The summed E-state index contributed by atoms with van der Waals surface area (Å²) in [5.41, 5.74) is 6.94. The second-order valence-corrected chi connectivity index (χ2v) is 6.79. The van der Waals surface area contributed by atoms with Crippen LogP contribution in [-0.2, 0) is 0 Å². The summed E-state index contributed by atoms with van der Waals surface area (Å²) < 4.78 is 0. The van der Waals surface area contributed by atoms with Gasteiger partial charge in [0.2, 0.25) is 0 Å². The quantitative estimate of drug-likeness (QED) is 0.617. The maximum atomic E-state index is 12.6. The van der Waals surface area contributed by atoms with Crippen LogP contribution >= 0.6 is 8.58 Å². The maximum absolute atomic E-state index is 12.6. The topological polar surface area (TPSA) is 17.1 Å². The standard InChI is InChI=1S/C18H21OP.Li/c1-11-6-7-13(3)16(10-11)20-18(19)17-14(4)8-12(2)9-15(17)5;/h6-10,20H,1-5H3;/q;+1. The molecule has 104 valence electrons. The first-order chi connectivity index (χ1) is 9.38. The van der Waals surface area contributed by atoms with Crippen LogP contribution in [-0.4, -0.2) is 5.52 Å². The molecule has 0 aliphatic carbocycles. The average Bonchev–Trinajstić information content (AvgIpc) is 2.32. The number of hydrogen-bond acceptors (Lipinski definition) is 1. The van der Waals surface area contributed by atoms with E-state index < -0.39 is 0 Å². The molecule has 0 amide bonds. The molecule has 0 saturated carbocycles. The number of rotatable bonds is 3. The summed E-state index contributed by atoms with van der Waals surface area (Å²) in [6.07, 6.45) is 0. The zero-order valence-corrected chi connectivity index (χ0v) is 14.8. The van der Waals surface area contributed by atoms with E-state index in [4.69, 9.17) is 0 Å². The Morgan fingerprint density at radius 1 is 0.810 bits per heavy atom. The van der Waals surface area contributed by atoms with Crippen molar-refractivity contribution in [3.8, 4) is 0 Å². The Hall–Kier alpha value is -0.863. The van der Waals surface area contributed by atoms with Crippen molar-refractivity contribution in [1.82, 2.24) is 0 Å². The molecular formula is C18H21LiOP+. The van der Waals surface area contributed by atoms with Crippen LogP contribution in [0.5, 0.6) is 0 Å². The van der Waals surface area contributed by atoms with Crippen molar-refractivity contribution in [3.05, 3.63) is 63.7 Å². The molecular weight excluding hydrogens is 270 g/mol. The third-order valence-corrected chi connectivity index (χ3v) is 4.83. The van der Waals surface area contributed by atoms with Gasteiger partial charge in [-0.2, -0.15) is 0 Å². The Morgan fingerprint density at radius 3 is 1.95 bits per heavy atom. The zero-order chi connectivity index (χ0) is 14.9. The number of carbonyl (C=O) groups excluding carboxylic acids is 1. The second kappa shape index (κ2) is 7.42. The van der Waals surface area contributed by atoms with E-state index in [0.29, 0.717) is 0 Å². The van der Waals surface area contributed by atoms with Gasteiger partial charge in [-0.25, -0.2) is 0 Å². The molecule has 1 atom stereocenters. The van der Waals surface area contributed by atoms with E-state index in [1.54, 1.807) is 0 Å². The predicted molar refractivity (Wildman–Crippen MR) is 88.8 cm³/mol. The van der Waals surface area contributed by atoms with E-state index in [-0.39, 0.29) is 33.0 Å². The molecule has 3 heteroatoms. The molecule has 0 radical (unpaired) electrons. The Labute approximate surface area is 141 Å². The van der Waals surface area contributed by atoms with Crippen LogP contribution in [0.1, 0.15) is 38.2 Å². The van der Waals surface area contributed by atoms with E-state index in [2.05, 4.69) is 51.1 Å². The molecule has 2 aromatic carbocycles. The minimum absolute atomic E-state index is 0. The molecule has 0 aliphatic heterocycles. The van der Waals surface area contributed by atoms with E-state index in [0.717, 1.165) is 22.0 Å². The molecule has 2 rings (SSSR count). The number of benzene rings is 2. The van der Waals surface area contributed by atoms with Gasteiger partial charge in [-0.3, -0.25) is 4.79 Å². The van der Waals surface area contributed by atoms with Crippen molar-refractivity contribution >= 4 is 19.4 Å². The minimum atomic E-state index is 0. The van der Waals surface area contributed by atoms with Gasteiger partial charge < -0.3 is 0 Å². The largest absolute Gasteiger partial charge is 1.00 e. The van der Waals surface area contributed by atoms with Crippen LogP contribution in [0.15, 0.2) is 30.3 Å². The van der Waals surface area contributed by atoms with Crippen LogP contribution < -0.4 is 24.2 Å². The Bertz CT molecular complexity index is 654. The summed E-state index contributed by atoms with van der Waals surface area (Å²) in [6, 6.07) is 10.5. The SMILES string of the molecule is Cc1cc(C)c(C(=O)Pc2cc(C)ccc2C)c(C)c1.[Li+]. The van der Waals surface area contributed by atoms with Crippen molar-refractivity contribution < 1.29 is 23.7 Å². The number of aryl methyl sites for hydroxylation is 5. The normalized spacial score (nSPS) is 10.7. The van der Waals surface area contributed by atoms with Gasteiger partial charge in [-0.05, 0) is 65.2 Å². The fourth-order valence-corrected chi connectivity index (χ4v) is 3.94. The summed E-state index contributed by atoms with van der Waals surface area (Å²) >= 11 is 0. The predicted octanol–water partition coefficient (Wildman–Crippen LogP) is 1.38. The van der Waals surface area contributed by atoms with E-state index in [9.17, 15) is 4.79 Å². The molecule has 0 bridgehead atoms.